The standard InChI is InChI=1S/C23H45NO/c1-4-7-8-9-10-11-12-13-14-15-16-17-18-19-20-21-22-23(25)24(5-2)6-3/h13-14H,4-12,15-22H2,1-3H3. The number of carbonyl (C=O) groups excluding carboxylic acids is 1. The average Bonchev–Trinajstić information content (AvgIpc) is 2.62. The van der Waals surface area contributed by atoms with Crippen LogP contribution >= 0.6 is 0 Å². The van der Waals surface area contributed by atoms with Crippen LogP contribution in [0.3, 0.4) is 0 Å². The van der Waals surface area contributed by atoms with Gasteiger partial charge in [-0.25, -0.2) is 0 Å². The first-order valence-corrected chi connectivity index (χ1v) is 11.2. The van der Waals surface area contributed by atoms with Gasteiger partial charge < -0.3 is 4.90 Å². The molecular formula is C23H45NO. The molecule has 0 saturated carbocycles. The van der Waals surface area contributed by atoms with Gasteiger partial charge in [0.05, 0.1) is 0 Å². The third kappa shape index (κ3) is 16.4. The Morgan fingerprint density at radius 1 is 0.640 bits per heavy atom. The molecule has 2 nitrogen and oxygen atoms in total. The van der Waals surface area contributed by atoms with E-state index in [9.17, 15) is 4.79 Å². The lowest BCUT2D eigenvalue weighted by molar-refractivity contribution is -0.130. The number of hydrogen-bond acceptors (Lipinski definition) is 1. The maximum Gasteiger partial charge on any atom is 0.222 e. The Kier molecular flexibility index (Phi) is 18.9. The van der Waals surface area contributed by atoms with Gasteiger partial charge in [-0.05, 0) is 46.0 Å². The molecule has 0 aromatic carbocycles. The van der Waals surface area contributed by atoms with E-state index in [0.29, 0.717) is 5.91 Å². The van der Waals surface area contributed by atoms with Gasteiger partial charge in [0.2, 0.25) is 5.91 Å². The second-order valence-electron chi connectivity index (χ2n) is 7.25. The zero-order chi connectivity index (χ0) is 18.6. The summed E-state index contributed by atoms with van der Waals surface area (Å²) < 4.78 is 0. The largest absolute Gasteiger partial charge is 0.343 e. The quantitative estimate of drug-likeness (QED) is 0.188. The van der Waals surface area contributed by atoms with Crippen LogP contribution in [0.5, 0.6) is 0 Å². The fourth-order valence-corrected chi connectivity index (χ4v) is 3.26. The van der Waals surface area contributed by atoms with Crippen LogP contribution in [-0.2, 0) is 4.79 Å². The van der Waals surface area contributed by atoms with Gasteiger partial charge in [-0.3, -0.25) is 4.79 Å². The number of rotatable bonds is 18. The van der Waals surface area contributed by atoms with Crippen LogP contribution in [0.4, 0.5) is 0 Å². The molecule has 0 aliphatic carbocycles. The van der Waals surface area contributed by atoms with Gasteiger partial charge in [-0.15, -0.1) is 0 Å². The monoisotopic (exact) mass is 351 g/mol. The summed E-state index contributed by atoms with van der Waals surface area (Å²) >= 11 is 0. The highest BCUT2D eigenvalue weighted by atomic mass is 16.2. The second-order valence-corrected chi connectivity index (χ2v) is 7.25. The van der Waals surface area contributed by atoms with Gasteiger partial charge in [0, 0.05) is 19.5 Å². The van der Waals surface area contributed by atoms with Crippen LogP contribution in [0.15, 0.2) is 12.2 Å². The van der Waals surface area contributed by atoms with Crippen molar-refractivity contribution in [2.24, 2.45) is 0 Å². The molecule has 0 fully saturated rings. The molecule has 0 aromatic rings. The molecule has 0 N–H and O–H groups in total. The third-order valence-electron chi connectivity index (χ3n) is 5.02. The summed E-state index contributed by atoms with van der Waals surface area (Å²) in [6.45, 7) is 8.09. The number of hydrogen-bond donors (Lipinski definition) is 0. The molecule has 0 saturated heterocycles. The van der Waals surface area contributed by atoms with E-state index >= 15 is 0 Å². The number of carbonyl (C=O) groups is 1. The first-order valence-electron chi connectivity index (χ1n) is 11.2. The van der Waals surface area contributed by atoms with E-state index in [1.54, 1.807) is 0 Å². The van der Waals surface area contributed by atoms with Crippen molar-refractivity contribution in [2.75, 3.05) is 13.1 Å². The first kappa shape index (κ1) is 24.2. The summed E-state index contributed by atoms with van der Waals surface area (Å²) in [5, 5.41) is 0. The Bertz CT molecular complexity index is 307. The van der Waals surface area contributed by atoms with Crippen LogP contribution < -0.4 is 0 Å². The molecule has 0 unspecified atom stereocenters. The first-order chi connectivity index (χ1) is 12.3. The molecule has 0 radical (unpaired) electrons. The molecule has 1 amide bonds. The van der Waals surface area contributed by atoms with Crippen LogP contribution in [0, 0.1) is 0 Å². The minimum Gasteiger partial charge on any atom is -0.343 e. The van der Waals surface area contributed by atoms with Gasteiger partial charge in [0.25, 0.3) is 0 Å². The highest BCUT2D eigenvalue weighted by Gasteiger charge is 2.07. The van der Waals surface area contributed by atoms with Crippen molar-refractivity contribution in [3.63, 3.8) is 0 Å². The van der Waals surface area contributed by atoms with Gasteiger partial charge in [-0.1, -0.05) is 76.9 Å². The molecule has 0 aromatic heterocycles. The minimum absolute atomic E-state index is 0.334. The summed E-state index contributed by atoms with van der Waals surface area (Å²) in [6, 6.07) is 0. The summed E-state index contributed by atoms with van der Waals surface area (Å²) in [5.41, 5.74) is 0. The van der Waals surface area contributed by atoms with Gasteiger partial charge in [0.1, 0.15) is 0 Å². The van der Waals surface area contributed by atoms with E-state index in [4.69, 9.17) is 0 Å². The Balaban J connectivity index is 3.25. The highest BCUT2D eigenvalue weighted by molar-refractivity contribution is 5.75. The molecule has 0 rings (SSSR count). The molecule has 2 heteroatoms. The van der Waals surface area contributed by atoms with E-state index < -0.39 is 0 Å². The maximum absolute atomic E-state index is 11.9. The normalized spacial score (nSPS) is 11.3. The molecule has 0 bridgehead atoms. The lowest BCUT2D eigenvalue weighted by Gasteiger charge is -2.18. The van der Waals surface area contributed by atoms with Crippen molar-refractivity contribution < 1.29 is 4.79 Å². The smallest absolute Gasteiger partial charge is 0.222 e. The third-order valence-corrected chi connectivity index (χ3v) is 5.02. The fourth-order valence-electron chi connectivity index (χ4n) is 3.26. The molecule has 0 atom stereocenters. The van der Waals surface area contributed by atoms with E-state index in [1.807, 2.05) is 4.90 Å². The Hall–Kier alpha value is -0.790. The summed E-state index contributed by atoms with van der Waals surface area (Å²) in [4.78, 5) is 13.8. The zero-order valence-electron chi connectivity index (χ0n) is 17.5. The topological polar surface area (TPSA) is 20.3 Å². The highest BCUT2D eigenvalue weighted by Crippen LogP contribution is 2.11. The maximum atomic E-state index is 11.9. The van der Waals surface area contributed by atoms with Gasteiger partial charge in [-0.2, -0.15) is 0 Å². The average molecular weight is 352 g/mol. The lowest BCUT2D eigenvalue weighted by atomic mass is 10.1. The van der Waals surface area contributed by atoms with Crippen LogP contribution in [-0.4, -0.2) is 23.9 Å². The Morgan fingerprint density at radius 2 is 1.08 bits per heavy atom. The van der Waals surface area contributed by atoms with Crippen molar-refractivity contribution in [3.05, 3.63) is 12.2 Å². The summed E-state index contributed by atoms with van der Waals surface area (Å²) in [6.07, 6.45) is 23.9. The van der Waals surface area contributed by atoms with Crippen molar-refractivity contribution in [1.29, 1.82) is 0 Å². The molecular weight excluding hydrogens is 306 g/mol. The Morgan fingerprint density at radius 3 is 1.56 bits per heavy atom. The SMILES string of the molecule is CCCCCCCCC=CCCCCCCCCC(=O)N(CC)CC. The zero-order valence-corrected chi connectivity index (χ0v) is 17.5. The van der Waals surface area contributed by atoms with Crippen LogP contribution in [0.25, 0.3) is 0 Å². The predicted molar refractivity (Wildman–Crippen MR) is 112 cm³/mol. The predicted octanol–water partition coefficient (Wildman–Crippen LogP) is 7.28. The van der Waals surface area contributed by atoms with E-state index in [-0.39, 0.29) is 0 Å². The number of allylic oxidation sites excluding steroid dienone is 2. The second kappa shape index (κ2) is 19.5. The molecule has 0 aliphatic rings. The molecule has 0 heterocycles. The number of unbranched alkanes of at least 4 members (excludes halogenated alkanes) is 12. The lowest BCUT2D eigenvalue weighted by Crippen LogP contribution is -2.30. The molecule has 0 spiro atoms. The van der Waals surface area contributed by atoms with Crippen molar-refractivity contribution in [2.45, 2.75) is 117 Å². The Labute approximate surface area is 158 Å². The summed E-state index contributed by atoms with van der Waals surface area (Å²) in [5.74, 6) is 0.334. The summed E-state index contributed by atoms with van der Waals surface area (Å²) in [7, 11) is 0. The number of nitrogens with zero attached hydrogens (tertiary/aromatic N) is 1. The van der Waals surface area contributed by atoms with Crippen LogP contribution in [0.1, 0.15) is 117 Å². The van der Waals surface area contributed by atoms with Crippen molar-refractivity contribution in [1.82, 2.24) is 4.90 Å². The van der Waals surface area contributed by atoms with Crippen molar-refractivity contribution >= 4 is 5.91 Å². The fraction of sp³-hybridized carbons (Fsp3) is 0.870. The van der Waals surface area contributed by atoms with Crippen LogP contribution in [0.2, 0.25) is 0 Å². The number of amides is 1. The van der Waals surface area contributed by atoms with E-state index in [1.165, 1.54) is 83.5 Å². The molecule has 0 aliphatic heterocycles. The van der Waals surface area contributed by atoms with E-state index in [2.05, 4.69) is 32.9 Å². The van der Waals surface area contributed by atoms with Gasteiger partial charge >= 0.3 is 0 Å². The van der Waals surface area contributed by atoms with Crippen molar-refractivity contribution in [3.8, 4) is 0 Å². The van der Waals surface area contributed by atoms with Gasteiger partial charge in [0.15, 0.2) is 0 Å². The minimum atomic E-state index is 0.334. The molecule has 25 heavy (non-hydrogen) atoms. The molecule has 148 valence electrons. The van der Waals surface area contributed by atoms with E-state index in [0.717, 1.165) is 25.9 Å².